The first-order valence-corrected chi connectivity index (χ1v) is 8.04. The van der Waals surface area contributed by atoms with Crippen molar-refractivity contribution in [3.63, 3.8) is 0 Å². The monoisotopic (exact) mass is 303 g/mol. The van der Waals surface area contributed by atoms with Crippen LogP contribution in [0.3, 0.4) is 0 Å². The van der Waals surface area contributed by atoms with E-state index in [9.17, 15) is 8.42 Å². The largest absolute Gasteiger partial charge is 0.265 e. The maximum absolute atomic E-state index is 11.4. The van der Waals surface area contributed by atoms with Gasteiger partial charge < -0.3 is 0 Å². The van der Waals surface area contributed by atoms with E-state index in [0.29, 0.717) is 11.5 Å². The van der Waals surface area contributed by atoms with Crippen molar-refractivity contribution in [2.45, 2.75) is 17.7 Å². The quantitative estimate of drug-likeness (QED) is 0.800. The van der Waals surface area contributed by atoms with Gasteiger partial charge in [0.05, 0.1) is 11.5 Å². The number of rotatable bonds is 3. The minimum absolute atomic E-state index is 0.243. The fourth-order valence-corrected chi connectivity index (χ4v) is 4.97. The van der Waals surface area contributed by atoms with Gasteiger partial charge in [-0.25, -0.2) is 8.42 Å². The van der Waals surface area contributed by atoms with Gasteiger partial charge in [-0.05, 0) is 36.5 Å². The van der Waals surface area contributed by atoms with Gasteiger partial charge in [0.25, 0.3) is 0 Å². The lowest BCUT2D eigenvalue weighted by atomic mass is 9.99. The van der Waals surface area contributed by atoms with Crippen LogP contribution in [0.1, 0.15) is 12.0 Å². The highest BCUT2D eigenvalue weighted by atomic mass is 79.9. The van der Waals surface area contributed by atoms with Crippen LogP contribution in [0.25, 0.3) is 0 Å². The van der Waals surface area contributed by atoms with Gasteiger partial charge in [-0.15, -0.1) is 0 Å². The molecule has 0 aromatic carbocycles. The van der Waals surface area contributed by atoms with Crippen LogP contribution in [0.15, 0.2) is 24.5 Å². The number of halogens is 1. The predicted octanol–water partition coefficient (Wildman–Crippen LogP) is 1.82. The van der Waals surface area contributed by atoms with Gasteiger partial charge in [0.15, 0.2) is 9.84 Å². The molecule has 1 aromatic rings. The van der Waals surface area contributed by atoms with E-state index < -0.39 is 9.84 Å². The van der Waals surface area contributed by atoms with Gasteiger partial charge in [0.1, 0.15) is 0 Å². The Morgan fingerprint density at radius 2 is 2.12 bits per heavy atom. The van der Waals surface area contributed by atoms with E-state index >= 15 is 0 Å². The molecule has 1 saturated heterocycles. The van der Waals surface area contributed by atoms with E-state index in [0.717, 1.165) is 12.8 Å². The number of pyridine rings is 1. The first-order valence-electron chi connectivity index (χ1n) is 5.30. The van der Waals surface area contributed by atoms with Crippen molar-refractivity contribution in [3.05, 3.63) is 30.1 Å². The van der Waals surface area contributed by atoms with Crippen molar-refractivity contribution in [3.8, 4) is 0 Å². The molecule has 1 fully saturated rings. The molecule has 1 aliphatic heterocycles. The van der Waals surface area contributed by atoms with Crippen molar-refractivity contribution in [2.75, 3.05) is 11.5 Å². The molecule has 0 radical (unpaired) electrons. The fourth-order valence-electron chi connectivity index (χ4n) is 2.02. The molecule has 0 saturated carbocycles. The minimum Gasteiger partial charge on any atom is -0.265 e. The summed E-state index contributed by atoms with van der Waals surface area (Å²) in [6, 6.07) is 3.94. The Kier molecular flexibility index (Phi) is 3.64. The molecule has 5 heteroatoms. The zero-order valence-corrected chi connectivity index (χ0v) is 11.2. The molecular formula is C11H14BrNO2S. The average Bonchev–Trinajstić information content (AvgIpc) is 2.60. The summed E-state index contributed by atoms with van der Waals surface area (Å²) in [6.07, 6.45) is 5.17. The van der Waals surface area contributed by atoms with Crippen LogP contribution in [0.4, 0.5) is 0 Å². The predicted molar refractivity (Wildman–Crippen MR) is 67.4 cm³/mol. The highest BCUT2D eigenvalue weighted by molar-refractivity contribution is 9.09. The number of alkyl halides is 1. The number of hydrogen-bond acceptors (Lipinski definition) is 3. The molecule has 1 aromatic heterocycles. The number of hydrogen-bond donors (Lipinski definition) is 0. The summed E-state index contributed by atoms with van der Waals surface area (Å²) in [5.74, 6) is 0.919. The second-order valence-corrected chi connectivity index (χ2v) is 7.64. The van der Waals surface area contributed by atoms with Gasteiger partial charge in [-0.2, -0.15) is 0 Å². The van der Waals surface area contributed by atoms with Gasteiger partial charge in [0, 0.05) is 17.2 Å². The van der Waals surface area contributed by atoms with E-state index in [1.807, 2.05) is 12.1 Å². The average molecular weight is 304 g/mol. The summed E-state index contributed by atoms with van der Waals surface area (Å²) in [6.45, 7) is 0. The highest BCUT2D eigenvalue weighted by Crippen LogP contribution is 2.28. The molecule has 0 amide bonds. The summed E-state index contributed by atoms with van der Waals surface area (Å²) in [5.41, 5.74) is 1.20. The number of aromatic nitrogens is 1. The molecule has 88 valence electrons. The topological polar surface area (TPSA) is 47.0 Å². The molecule has 16 heavy (non-hydrogen) atoms. The fraction of sp³-hybridized carbons (Fsp3) is 0.545. The minimum atomic E-state index is -2.78. The van der Waals surface area contributed by atoms with E-state index in [2.05, 4.69) is 20.9 Å². The smallest absolute Gasteiger partial charge is 0.150 e. The van der Waals surface area contributed by atoms with Crippen LogP contribution in [0, 0.1) is 5.92 Å². The summed E-state index contributed by atoms with van der Waals surface area (Å²) in [7, 11) is -2.78. The van der Waals surface area contributed by atoms with E-state index in [-0.39, 0.29) is 10.7 Å². The van der Waals surface area contributed by atoms with Gasteiger partial charge in [-0.1, -0.05) is 15.9 Å². The highest BCUT2D eigenvalue weighted by Gasteiger charge is 2.32. The summed E-state index contributed by atoms with van der Waals surface area (Å²) >= 11 is 3.61. The van der Waals surface area contributed by atoms with Crippen LogP contribution in [-0.4, -0.2) is 29.7 Å². The van der Waals surface area contributed by atoms with E-state index in [1.165, 1.54) is 5.56 Å². The van der Waals surface area contributed by atoms with Crippen LogP contribution in [0.5, 0.6) is 0 Å². The van der Waals surface area contributed by atoms with Crippen LogP contribution >= 0.6 is 15.9 Å². The van der Waals surface area contributed by atoms with Crippen molar-refractivity contribution >= 4 is 25.8 Å². The number of sulfone groups is 1. The lowest BCUT2D eigenvalue weighted by molar-refractivity contribution is 0.563. The van der Waals surface area contributed by atoms with Crippen LogP contribution in [-0.2, 0) is 16.3 Å². The zero-order chi connectivity index (χ0) is 11.6. The molecule has 1 aliphatic rings. The molecule has 3 nitrogen and oxygen atoms in total. The van der Waals surface area contributed by atoms with Gasteiger partial charge >= 0.3 is 0 Å². The van der Waals surface area contributed by atoms with E-state index in [1.54, 1.807) is 12.4 Å². The molecule has 0 bridgehead atoms. The van der Waals surface area contributed by atoms with Gasteiger partial charge in [0.2, 0.25) is 0 Å². The maximum atomic E-state index is 11.4. The third-order valence-electron chi connectivity index (χ3n) is 2.96. The third-order valence-corrected chi connectivity index (χ3v) is 5.82. The molecule has 2 heterocycles. The maximum Gasteiger partial charge on any atom is 0.150 e. The first kappa shape index (κ1) is 12.0. The second kappa shape index (κ2) is 4.84. The Morgan fingerprint density at radius 3 is 2.69 bits per heavy atom. The summed E-state index contributed by atoms with van der Waals surface area (Å²) in [5, 5.41) is 0. The molecule has 2 unspecified atom stereocenters. The van der Waals surface area contributed by atoms with Crippen molar-refractivity contribution in [1.82, 2.24) is 4.98 Å². The molecule has 0 spiro atoms. The summed E-state index contributed by atoms with van der Waals surface area (Å²) < 4.78 is 22.7. The Morgan fingerprint density at radius 1 is 1.44 bits per heavy atom. The Balaban J connectivity index is 1.97. The van der Waals surface area contributed by atoms with Crippen molar-refractivity contribution in [2.24, 2.45) is 5.92 Å². The Labute approximate surface area is 104 Å². The van der Waals surface area contributed by atoms with Crippen LogP contribution in [0.2, 0.25) is 0 Å². The SMILES string of the molecule is O=S1(=O)CCC(C(Br)Cc2ccncc2)C1. The lowest BCUT2D eigenvalue weighted by Gasteiger charge is -2.15. The summed E-state index contributed by atoms with van der Waals surface area (Å²) in [4.78, 5) is 4.20. The molecule has 2 rings (SSSR count). The standard InChI is InChI=1S/C11H14BrNO2S/c12-11(7-9-1-4-13-5-2-9)10-3-6-16(14,15)8-10/h1-2,4-5,10-11H,3,6-8H2. The Hall–Kier alpha value is -0.420. The lowest BCUT2D eigenvalue weighted by Crippen LogP contribution is -2.18. The van der Waals surface area contributed by atoms with E-state index in [4.69, 9.17) is 0 Å². The number of nitrogens with zero attached hydrogens (tertiary/aromatic N) is 1. The molecular weight excluding hydrogens is 290 g/mol. The second-order valence-electron chi connectivity index (χ2n) is 4.24. The molecule has 0 N–H and O–H groups in total. The molecule has 0 aliphatic carbocycles. The van der Waals surface area contributed by atoms with Gasteiger partial charge in [-0.3, -0.25) is 4.98 Å². The molecule has 2 atom stereocenters. The normalized spacial score (nSPS) is 25.4. The van der Waals surface area contributed by atoms with Crippen molar-refractivity contribution in [1.29, 1.82) is 0 Å². The third kappa shape index (κ3) is 3.04. The first-order chi connectivity index (χ1) is 7.57. The Bertz CT molecular complexity index is 446. The van der Waals surface area contributed by atoms with Crippen LogP contribution < -0.4 is 0 Å². The zero-order valence-electron chi connectivity index (χ0n) is 8.84. The van der Waals surface area contributed by atoms with Crippen molar-refractivity contribution < 1.29 is 8.42 Å².